The quantitative estimate of drug-likeness (QED) is 0.795. The molecule has 0 atom stereocenters. The molecule has 2 amide bonds. The summed E-state index contributed by atoms with van der Waals surface area (Å²) >= 11 is 12.1. The van der Waals surface area contributed by atoms with Crippen LogP contribution in [0.4, 0.5) is 10.5 Å². The van der Waals surface area contributed by atoms with Crippen LogP contribution in [0, 0.1) is 0 Å². The highest BCUT2D eigenvalue weighted by Crippen LogP contribution is 2.35. The van der Waals surface area contributed by atoms with Crippen LogP contribution in [0.5, 0.6) is 11.5 Å². The van der Waals surface area contributed by atoms with E-state index in [-0.39, 0.29) is 6.03 Å². The smallest absolute Gasteiger partial charge is 0.319 e. The SMILES string of the molecule is COc1cc(NC(=O)NCCc2ccccc2Cl)c(OC)cc1Cl. The third-order valence-electron chi connectivity index (χ3n) is 3.36. The molecule has 5 nitrogen and oxygen atoms in total. The first-order valence-electron chi connectivity index (χ1n) is 7.25. The van der Waals surface area contributed by atoms with Gasteiger partial charge in [0.2, 0.25) is 0 Å². The lowest BCUT2D eigenvalue weighted by Gasteiger charge is -2.14. The highest BCUT2D eigenvalue weighted by molar-refractivity contribution is 6.32. The second-order valence-corrected chi connectivity index (χ2v) is 5.72. The topological polar surface area (TPSA) is 59.6 Å². The molecule has 0 saturated heterocycles. The maximum absolute atomic E-state index is 12.1. The fourth-order valence-corrected chi connectivity index (χ4v) is 2.60. The predicted octanol–water partition coefficient (Wildman–Crippen LogP) is 4.37. The van der Waals surface area contributed by atoms with Crippen LogP contribution in [0.2, 0.25) is 10.0 Å². The Morgan fingerprint density at radius 1 is 1.04 bits per heavy atom. The van der Waals surface area contributed by atoms with E-state index in [4.69, 9.17) is 32.7 Å². The van der Waals surface area contributed by atoms with Gasteiger partial charge in [0.15, 0.2) is 0 Å². The Kier molecular flexibility index (Phi) is 6.58. The minimum Gasteiger partial charge on any atom is -0.495 e. The van der Waals surface area contributed by atoms with E-state index in [9.17, 15) is 4.79 Å². The van der Waals surface area contributed by atoms with E-state index >= 15 is 0 Å². The van der Waals surface area contributed by atoms with Gasteiger partial charge in [0, 0.05) is 23.7 Å². The van der Waals surface area contributed by atoms with Crippen LogP contribution in [-0.2, 0) is 6.42 Å². The molecule has 128 valence electrons. The van der Waals surface area contributed by atoms with E-state index in [1.807, 2.05) is 24.3 Å². The minimum atomic E-state index is -0.357. The zero-order chi connectivity index (χ0) is 17.5. The number of anilines is 1. The highest BCUT2D eigenvalue weighted by atomic mass is 35.5. The molecule has 0 fully saturated rings. The van der Waals surface area contributed by atoms with Gasteiger partial charge in [-0.05, 0) is 18.1 Å². The maximum Gasteiger partial charge on any atom is 0.319 e. The number of carbonyl (C=O) groups excluding carboxylic acids is 1. The molecular formula is C17H18Cl2N2O3. The van der Waals surface area contributed by atoms with E-state index in [1.165, 1.54) is 14.2 Å². The van der Waals surface area contributed by atoms with Crippen LogP contribution in [0.3, 0.4) is 0 Å². The summed E-state index contributed by atoms with van der Waals surface area (Å²) < 4.78 is 10.4. The molecule has 0 saturated carbocycles. The number of ether oxygens (including phenoxy) is 2. The summed E-state index contributed by atoms with van der Waals surface area (Å²) in [5.41, 5.74) is 1.44. The van der Waals surface area contributed by atoms with Gasteiger partial charge in [0.05, 0.1) is 24.9 Å². The largest absolute Gasteiger partial charge is 0.495 e. The molecule has 2 rings (SSSR count). The van der Waals surface area contributed by atoms with Crippen LogP contribution in [-0.4, -0.2) is 26.8 Å². The highest BCUT2D eigenvalue weighted by Gasteiger charge is 2.12. The summed E-state index contributed by atoms with van der Waals surface area (Å²) in [5, 5.41) is 6.58. The number of methoxy groups -OCH3 is 2. The van der Waals surface area contributed by atoms with Crippen molar-refractivity contribution in [3.05, 3.63) is 52.0 Å². The fourth-order valence-electron chi connectivity index (χ4n) is 2.14. The van der Waals surface area contributed by atoms with Crippen molar-refractivity contribution in [2.24, 2.45) is 0 Å². The Balaban J connectivity index is 1.96. The number of rotatable bonds is 6. The summed E-state index contributed by atoms with van der Waals surface area (Å²) in [7, 11) is 3.00. The van der Waals surface area contributed by atoms with Gasteiger partial charge in [-0.25, -0.2) is 4.79 Å². The van der Waals surface area contributed by atoms with Gasteiger partial charge >= 0.3 is 6.03 Å². The molecule has 2 aromatic rings. The van der Waals surface area contributed by atoms with Crippen molar-refractivity contribution in [1.29, 1.82) is 0 Å². The average Bonchev–Trinajstić information content (AvgIpc) is 2.57. The number of carbonyl (C=O) groups is 1. The Hall–Kier alpha value is -2.11. The summed E-state index contributed by atoms with van der Waals surface area (Å²) in [5.74, 6) is 0.894. The molecule has 0 radical (unpaired) electrons. The van der Waals surface area contributed by atoms with Crippen LogP contribution >= 0.6 is 23.2 Å². The van der Waals surface area contributed by atoms with E-state index < -0.39 is 0 Å². The first-order chi connectivity index (χ1) is 11.5. The number of halogens is 2. The maximum atomic E-state index is 12.1. The Morgan fingerprint density at radius 2 is 1.75 bits per heavy atom. The van der Waals surface area contributed by atoms with Gasteiger partial charge in [-0.15, -0.1) is 0 Å². The number of urea groups is 1. The zero-order valence-corrected chi connectivity index (χ0v) is 14.9. The lowest BCUT2D eigenvalue weighted by atomic mass is 10.1. The molecule has 0 aliphatic rings. The average molecular weight is 369 g/mol. The molecule has 24 heavy (non-hydrogen) atoms. The van der Waals surface area contributed by atoms with Crippen LogP contribution < -0.4 is 20.1 Å². The third kappa shape index (κ3) is 4.69. The molecule has 0 spiro atoms. The second kappa shape index (κ2) is 8.66. The Morgan fingerprint density at radius 3 is 2.42 bits per heavy atom. The van der Waals surface area contributed by atoms with E-state index in [1.54, 1.807) is 12.1 Å². The van der Waals surface area contributed by atoms with Crippen molar-refractivity contribution in [3.63, 3.8) is 0 Å². The van der Waals surface area contributed by atoms with Crippen LogP contribution in [0.1, 0.15) is 5.56 Å². The van der Waals surface area contributed by atoms with Crippen LogP contribution in [0.25, 0.3) is 0 Å². The van der Waals surface area contributed by atoms with E-state index in [0.29, 0.717) is 40.2 Å². The monoisotopic (exact) mass is 368 g/mol. The molecule has 2 aromatic carbocycles. The second-order valence-electron chi connectivity index (χ2n) is 4.91. The van der Waals surface area contributed by atoms with E-state index in [0.717, 1.165) is 5.56 Å². The number of hydrogen-bond acceptors (Lipinski definition) is 3. The first-order valence-corrected chi connectivity index (χ1v) is 8.00. The summed E-state index contributed by atoms with van der Waals surface area (Å²) in [6, 6.07) is 10.4. The molecule has 0 heterocycles. The van der Waals surface area contributed by atoms with Crippen molar-refractivity contribution in [2.45, 2.75) is 6.42 Å². The summed E-state index contributed by atoms with van der Waals surface area (Å²) in [6.45, 7) is 0.447. The van der Waals surface area contributed by atoms with Crippen molar-refractivity contribution in [1.82, 2.24) is 5.32 Å². The van der Waals surface area contributed by atoms with Gasteiger partial charge in [0.25, 0.3) is 0 Å². The predicted molar refractivity (Wildman–Crippen MR) is 96.7 cm³/mol. The van der Waals surface area contributed by atoms with Gasteiger partial charge in [-0.1, -0.05) is 41.4 Å². The van der Waals surface area contributed by atoms with Gasteiger partial charge in [0.1, 0.15) is 11.5 Å². The standard InChI is InChI=1S/C17H18Cl2N2O3/c1-23-15-10-14(16(24-2)9-13(15)19)21-17(22)20-8-7-11-5-3-4-6-12(11)18/h3-6,9-10H,7-8H2,1-2H3,(H2,20,21,22). The molecule has 0 unspecified atom stereocenters. The van der Waals surface area contributed by atoms with Gasteiger partial charge < -0.3 is 20.1 Å². The first kappa shape index (κ1) is 18.2. The molecule has 7 heteroatoms. The number of hydrogen-bond donors (Lipinski definition) is 2. The molecule has 0 aliphatic carbocycles. The Labute approximate surface area is 150 Å². The fraction of sp³-hybridized carbons (Fsp3) is 0.235. The Bertz CT molecular complexity index is 723. The third-order valence-corrected chi connectivity index (χ3v) is 4.02. The normalized spacial score (nSPS) is 10.2. The van der Waals surface area contributed by atoms with Crippen LogP contribution in [0.15, 0.2) is 36.4 Å². The van der Waals surface area contributed by atoms with Crippen molar-refractivity contribution in [3.8, 4) is 11.5 Å². The number of nitrogens with one attached hydrogen (secondary N) is 2. The van der Waals surface area contributed by atoms with E-state index in [2.05, 4.69) is 10.6 Å². The lowest BCUT2D eigenvalue weighted by molar-refractivity contribution is 0.252. The molecule has 0 aromatic heterocycles. The van der Waals surface area contributed by atoms with Crippen molar-refractivity contribution >= 4 is 34.9 Å². The van der Waals surface area contributed by atoms with Gasteiger partial charge in [-0.3, -0.25) is 0 Å². The van der Waals surface area contributed by atoms with Crippen molar-refractivity contribution < 1.29 is 14.3 Å². The number of benzene rings is 2. The van der Waals surface area contributed by atoms with Gasteiger partial charge in [-0.2, -0.15) is 0 Å². The van der Waals surface area contributed by atoms with Crippen molar-refractivity contribution in [2.75, 3.05) is 26.1 Å². The number of amides is 2. The molecule has 0 bridgehead atoms. The lowest BCUT2D eigenvalue weighted by Crippen LogP contribution is -2.30. The minimum absolute atomic E-state index is 0.357. The summed E-state index contributed by atoms with van der Waals surface area (Å²) in [6.07, 6.45) is 0.633. The molecular weight excluding hydrogens is 351 g/mol. The molecule has 2 N–H and O–H groups in total. The zero-order valence-electron chi connectivity index (χ0n) is 13.4. The summed E-state index contributed by atoms with van der Waals surface area (Å²) in [4.78, 5) is 12.1. The molecule has 0 aliphatic heterocycles.